The van der Waals surface area contributed by atoms with Crippen LogP contribution in [0.5, 0.6) is 5.75 Å². The van der Waals surface area contributed by atoms with Crippen LogP contribution in [0.3, 0.4) is 0 Å². The molecule has 0 radical (unpaired) electrons. The van der Waals surface area contributed by atoms with Crippen LogP contribution in [0.15, 0.2) is 12.1 Å². The summed E-state index contributed by atoms with van der Waals surface area (Å²) in [6.07, 6.45) is 2.19. The molecule has 16 heavy (non-hydrogen) atoms. The minimum absolute atomic E-state index is 0.342. The molecule has 1 aromatic carbocycles. The van der Waals surface area contributed by atoms with Gasteiger partial charge < -0.3 is 5.11 Å². The highest BCUT2D eigenvalue weighted by Crippen LogP contribution is 2.36. The summed E-state index contributed by atoms with van der Waals surface area (Å²) in [6.45, 7) is 8.44. The van der Waals surface area contributed by atoms with Gasteiger partial charge in [0.2, 0.25) is 0 Å². The first kappa shape index (κ1) is 13.4. The van der Waals surface area contributed by atoms with Gasteiger partial charge >= 0.3 is 0 Å². The lowest BCUT2D eigenvalue weighted by Crippen LogP contribution is -1.97. The number of hydrogen-bond donors (Lipinski definition) is 1. The van der Waals surface area contributed by atoms with Gasteiger partial charge in [-0.25, -0.2) is 0 Å². The first-order valence-corrected chi connectivity index (χ1v) is 6.37. The van der Waals surface area contributed by atoms with E-state index in [9.17, 15) is 5.11 Å². The maximum Gasteiger partial charge on any atom is 0.119 e. The molecule has 0 aliphatic carbocycles. The SMILES string of the molecule is CCCC(C)c1cc(Cl)c(C(C)C)cc1O. The molecular weight excluding hydrogens is 220 g/mol. The summed E-state index contributed by atoms with van der Waals surface area (Å²) in [6, 6.07) is 3.74. The van der Waals surface area contributed by atoms with Crippen molar-refractivity contribution in [2.75, 3.05) is 0 Å². The van der Waals surface area contributed by atoms with Gasteiger partial charge in [-0.2, -0.15) is 0 Å². The van der Waals surface area contributed by atoms with E-state index in [1.807, 2.05) is 12.1 Å². The van der Waals surface area contributed by atoms with E-state index in [0.29, 0.717) is 17.6 Å². The van der Waals surface area contributed by atoms with Crippen molar-refractivity contribution in [3.63, 3.8) is 0 Å². The smallest absolute Gasteiger partial charge is 0.119 e. The minimum atomic E-state index is 0.342. The fourth-order valence-corrected chi connectivity index (χ4v) is 2.41. The van der Waals surface area contributed by atoms with Crippen LogP contribution in [0, 0.1) is 0 Å². The molecule has 1 unspecified atom stereocenters. The molecule has 0 aliphatic heterocycles. The molecule has 0 amide bonds. The predicted molar refractivity (Wildman–Crippen MR) is 70.5 cm³/mol. The lowest BCUT2D eigenvalue weighted by Gasteiger charge is -2.16. The van der Waals surface area contributed by atoms with Gasteiger partial charge in [-0.05, 0) is 41.5 Å². The lowest BCUT2D eigenvalue weighted by atomic mass is 9.92. The average Bonchev–Trinajstić information content (AvgIpc) is 2.20. The van der Waals surface area contributed by atoms with Gasteiger partial charge in [0.05, 0.1) is 0 Å². The standard InChI is InChI=1S/C14H21ClO/c1-5-6-10(4)12-7-13(15)11(9(2)3)8-14(12)16/h7-10,16H,5-6H2,1-4H3. The lowest BCUT2D eigenvalue weighted by molar-refractivity contribution is 0.459. The van der Waals surface area contributed by atoms with Crippen LogP contribution in [-0.4, -0.2) is 5.11 Å². The van der Waals surface area contributed by atoms with Crippen molar-refractivity contribution >= 4 is 11.6 Å². The van der Waals surface area contributed by atoms with E-state index in [1.165, 1.54) is 0 Å². The Morgan fingerprint density at radius 1 is 1.19 bits per heavy atom. The Bertz CT molecular complexity index is 358. The van der Waals surface area contributed by atoms with Crippen LogP contribution in [0.25, 0.3) is 0 Å². The minimum Gasteiger partial charge on any atom is -0.508 e. The zero-order valence-corrected chi connectivity index (χ0v) is 11.3. The third-order valence-corrected chi connectivity index (χ3v) is 3.35. The van der Waals surface area contributed by atoms with Gasteiger partial charge in [0, 0.05) is 5.02 Å². The van der Waals surface area contributed by atoms with E-state index in [0.717, 1.165) is 29.0 Å². The predicted octanol–water partition coefficient (Wildman–Crippen LogP) is 5.07. The van der Waals surface area contributed by atoms with Gasteiger partial charge in [-0.15, -0.1) is 0 Å². The Morgan fingerprint density at radius 3 is 2.31 bits per heavy atom. The average molecular weight is 241 g/mol. The second-order valence-corrected chi connectivity index (χ2v) is 5.18. The highest BCUT2D eigenvalue weighted by molar-refractivity contribution is 6.31. The van der Waals surface area contributed by atoms with Crippen LogP contribution in [0.2, 0.25) is 5.02 Å². The van der Waals surface area contributed by atoms with Crippen molar-refractivity contribution in [3.8, 4) is 5.75 Å². The Hall–Kier alpha value is -0.690. The maximum absolute atomic E-state index is 10.0. The van der Waals surface area contributed by atoms with E-state index in [1.54, 1.807) is 0 Å². The molecule has 0 fully saturated rings. The zero-order chi connectivity index (χ0) is 12.3. The third kappa shape index (κ3) is 2.91. The number of rotatable bonds is 4. The van der Waals surface area contributed by atoms with Gasteiger partial charge in [-0.1, -0.05) is 45.7 Å². The molecule has 0 spiro atoms. The van der Waals surface area contributed by atoms with Crippen molar-refractivity contribution in [3.05, 3.63) is 28.3 Å². The summed E-state index contributed by atoms with van der Waals surface area (Å²) in [7, 11) is 0. The van der Waals surface area contributed by atoms with Gasteiger partial charge in [-0.3, -0.25) is 0 Å². The summed E-state index contributed by atoms with van der Waals surface area (Å²) in [5.41, 5.74) is 1.99. The summed E-state index contributed by atoms with van der Waals surface area (Å²) in [5, 5.41) is 10.8. The number of halogens is 1. The molecule has 1 aromatic rings. The molecule has 1 rings (SSSR count). The van der Waals surface area contributed by atoms with Crippen LogP contribution in [0.1, 0.15) is 63.5 Å². The molecule has 0 bridgehead atoms. The first-order valence-electron chi connectivity index (χ1n) is 5.99. The number of hydrogen-bond acceptors (Lipinski definition) is 1. The second-order valence-electron chi connectivity index (χ2n) is 4.78. The van der Waals surface area contributed by atoms with Crippen LogP contribution >= 0.6 is 11.6 Å². The number of phenolic OH excluding ortho intramolecular Hbond substituents is 1. The van der Waals surface area contributed by atoms with Crippen molar-refractivity contribution in [2.24, 2.45) is 0 Å². The van der Waals surface area contributed by atoms with Crippen molar-refractivity contribution in [1.29, 1.82) is 0 Å². The molecule has 2 heteroatoms. The van der Waals surface area contributed by atoms with Crippen LogP contribution in [0.4, 0.5) is 0 Å². The summed E-state index contributed by atoms with van der Waals surface area (Å²) >= 11 is 6.23. The summed E-state index contributed by atoms with van der Waals surface area (Å²) < 4.78 is 0. The highest BCUT2D eigenvalue weighted by Gasteiger charge is 2.14. The largest absolute Gasteiger partial charge is 0.508 e. The van der Waals surface area contributed by atoms with E-state index in [-0.39, 0.29) is 0 Å². The Morgan fingerprint density at radius 2 is 1.81 bits per heavy atom. The van der Waals surface area contributed by atoms with E-state index in [2.05, 4.69) is 27.7 Å². The fraction of sp³-hybridized carbons (Fsp3) is 0.571. The molecule has 1 nitrogen and oxygen atoms in total. The Balaban J connectivity index is 3.10. The fourth-order valence-electron chi connectivity index (χ4n) is 2.02. The Labute approximate surface area is 103 Å². The topological polar surface area (TPSA) is 20.2 Å². The molecule has 1 atom stereocenters. The van der Waals surface area contributed by atoms with Crippen molar-refractivity contribution in [1.82, 2.24) is 0 Å². The zero-order valence-electron chi connectivity index (χ0n) is 10.5. The molecule has 1 N–H and O–H groups in total. The molecule has 0 saturated carbocycles. The van der Waals surface area contributed by atoms with Gasteiger partial charge in [0.15, 0.2) is 0 Å². The normalized spacial score (nSPS) is 13.1. The number of benzene rings is 1. The monoisotopic (exact) mass is 240 g/mol. The van der Waals surface area contributed by atoms with Crippen LogP contribution in [-0.2, 0) is 0 Å². The summed E-state index contributed by atoms with van der Waals surface area (Å²) in [4.78, 5) is 0. The molecule has 0 heterocycles. The van der Waals surface area contributed by atoms with E-state index < -0.39 is 0 Å². The second kappa shape index (κ2) is 5.58. The molecule has 90 valence electrons. The number of phenols is 1. The molecule has 0 aromatic heterocycles. The quantitative estimate of drug-likeness (QED) is 0.779. The van der Waals surface area contributed by atoms with Crippen molar-refractivity contribution < 1.29 is 5.11 Å². The summed E-state index contributed by atoms with van der Waals surface area (Å²) in [5.74, 6) is 1.09. The van der Waals surface area contributed by atoms with Gasteiger partial charge in [0.1, 0.15) is 5.75 Å². The Kier molecular flexibility index (Phi) is 4.67. The van der Waals surface area contributed by atoms with E-state index >= 15 is 0 Å². The van der Waals surface area contributed by atoms with Crippen LogP contribution < -0.4 is 0 Å². The third-order valence-electron chi connectivity index (χ3n) is 3.02. The van der Waals surface area contributed by atoms with Gasteiger partial charge in [0.25, 0.3) is 0 Å². The molecular formula is C14H21ClO. The maximum atomic E-state index is 10.0. The first-order chi connectivity index (χ1) is 7.47. The highest BCUT2D eigenvalue weighted by atomic mass is 35.5. The van der Waals surface area contributed by atoms with E-state index in [4.69, 9.17) is 11.6 Å². The van der Waals surface area contributed by atoms with Crippen molar-refractivity contribution in [2.45, 2.75) is 52.4 Å². The number of aromatic hydroxyl groups is 1. The molecule has 0 aliphatic rings. The molecule has 0 saturated heterocycles.